The minimum absolute atomic E-state index is 0.0915. The van der Waals surface area contributed by atoms with Crippen molar-refractivity contribution in [2.24, 2.45) is 0 Å². The smallest absolute Gasteiger partial charge is 0.251 e. The molecular formula is C14H25N3O2S. The van der Waals surface area contributed by atoms with Gasteiger partial charge in [0.15, 0.2) is 5.16 Å². The quantitative estimate of drug-likeness (QED) is 0.451. The van der Waals surface area contributed by atoms with Gasteiger partial charge in [0.25, 0.3) is 5.56 Å². The van der Waals surface area contributed by atoms with E-state index >= 15 is 0 Å². The summed E-state index contributed by atoms with van der Waals surface area (Å²) in [5, 5.41) is 13.1. The van der Waals surface area contributed by atoms with Gasteiger partial charge in [-0.05, 0) is 25.8 Å². The summed E-state index contributed by atoms with van der Waals surface area (Å²) in [6.07, 6.45) is 3.58. The van der Waals surface area contributed by atoms with Crippen LogP contribution < -0.4 is 10.9 Å². The van der Waals surface area contributed by atoms with Crippen LogP contribution in [0.25, 0.3) is 0 Å². The lowest BCUT2D eigenvalue weighted by Crippen LogP contribution is -2.33. The highest BCUT2D eigenvalue weighted by atomic mass is 32.2. The standard InChI is InChI=1S/C14H25N3O2S/c1-3-5-11-9-13(19)17-14(16-11)20-10-12(6-8-18)15-7-4-2/h9,12,15,18H,3-8,10H2,1-2H3,(H,16,17,19). The van der Waals surface area contributed by atoms with Crippen LogP contribution in [0.2, 0.25) is 0 Å². The molecule has 1 atom stereocenters. The van der Waals surface area contributed by atoms with E-state index < -0.39 is 0 Å². The number of aliphatic hydroxyl groups excluding tert-OH is 1. The molecule has 0 saturated heterocycles. The van der Waals surface area contributed by atoms with Crippen LogP contribution in [0.1, 0.15) is 38.8 Å². The molecule has 1 rings (SSSR count). The lowest BCUT2D eigenvalue weighted by atomic mass is 10.2. The minimum Gasteiger partial charge on any atom is -0.396 e. The van der Waals surface area contributed by atoms with Crippen LogP contribution in [-0.4, -0.2) is 40.0 Å². The first-order valence-corrected chi connectivity index (χ1v) is 8.25. The van der Waals surface area contributed by atoms with Gasteiger partial charge in [-0.2, -0.15) is 0 Å². The van der Waals surface area contributed by atoms with Crippen LogP contribution in [0.3, 0.4) is 0 Å². The third kappa shape index (κ3) is 6.54. The summed E-state index contributed by atoms with van der Waals surface area (Å²) in [6.45, 7) is 5.29. The zero-order valence-electron chi connectivity index (χ0n) is 12.3. The van der Waals surface area contributed by atoms with Crippen molar-refractivity contribution in [1.29, 1.82) is 0 Å². The number of nitrogens with one attached hydrogen (secondary N) is 2. The van der Waals surface area contributed by atoms with Crippen molar-refractivity contribution in [2.75, 3.05) is 18.9 Å². The van der Waals surface area contributed by atoms with E-state index in [2.05, 4.69) is 29.1 Å². The predicted octanol–water partition coefficient (Wildman–Crippen LogP) is 1.57. The average Bonchev–Trinajstić information content (AvgIpc) is 2.42. The number of H-pyrrole nitrogens is 1. The lowest BCUT2D eigenvalue weighted by molar-refractivity contribution is 0.270. The molecule has 0 aromatic carbocycles. The van der Waals surface area contributed by atoms with E-state index in [-0.39, 0.29) is 18.2 Å². The maximum atomic E-state index is 11.6. The number of aromatic nitrogens is 2. The fraction of sp³-hybridized carbons (Fsp3) is 0.714. The van der Waals surface area contributed by atoms with Crippen molar-refractivity contribution in [3.63, 3.8) is 0 Å². The zero-order valence-corrected chi connectivity index (χ0v) is 13.1. The molecule has 0 fully saturated rings. The molecule has 0 radical (unpaired) electrons. The van der Waals surface area contributed by atoms with Crippen LogP contribution in [0, 0.1) is 0 Å². The SMILES string of the molecule is CCCNC(CCO)CSc1nc(CCC)cc(=O)[nH]1. The Morgan fingerprint density at radius 1 is 1.45 bits per heavy atom. The van der Waals surface area contributed by atoms with Crippen LogP contribution in [0.4, 0.5) is 0 Å². The fourth-order valence-electron chi connectivity index (χ4n) is 1.86. The third-order valence-electron chi connectivity index (χ3n) is 2.86. The molecule has 0 aliphatic carbocycles. The summed E-state index contributed by atoms with van der Waals surface area (Å²) in [7, 11) is 0. The van der Waals surface area contributed by atoms with Gasteiger partial charge in [0.05, 0.1) is 0 Å². The molecule has 0 amide bonds. The van der Waals surface area contributed by atoms with E-state index in [0.29, 0.717) is 11.6 Å². The van der Waals surface area contributed by atoms with E-state index in [0.717, 1.165) is 37.3 Å². The normalized spacial score (nSPS) is 12.6. The number of aryl methyl sites for hydroxylation is 1. The Morgan fingerprint density at radius 2 is 2.25 bits per heavy atom. The van der Waals surface area contributed by atoms with Crippen molar-refractivity contribution in [1.82, 2.24) is 15.3 Å². The molecule has 0 aliphatic rings. The van der Waals surface area contributed by atoms with Gasteiger partial charge in [-0.1, -0.05) is 32.0 Å². The predicted molar refractivity (Wildman–Crippen MR) is 83.4 cm³/mol. The van der Waals surface area contributed by atoms with Crippen molar-refractivity contribution in [2.45, 2.75) is 50.7 Å². The molecule has 3 N–H and O–H groups in total. The molecule has 20 heavy (non-hydrogen) atoms. The van der Waals surface area contributed by atoms with Crippen LogP contribution in [0.15, 0.2) is 16.0 Å². The van der Waals surface area contributed by atoms with Gasteiger partial charge in [0.1, 0.15) is 0 Å². The highest BCUT2D eigenvalue weighted by Gasteiger charge is 2.09. The fourth-order valence-corrected chi connectivity index (χ4v) is 2.86. The van der Waals surface area contributed by atoms with Gasteiger partial charge >= 0.3 is 0 Å². The summed E-state index contributed by atoms with van der Waals surface area (Å²) >= 11 is 1.53. The molecule has 0 saturated carbocycles. The van der Waals surface area contributed by atoms with Gasteiger partial charge in [-0.3, -0.25) is 4.79 Å². The molecule has 0 aliphatic heterocycles. The summed E-state index contributed by atoms with van der Waals surface area (Å²) in [6, 6.07) is 1.80. The van der Waals surface area contributed by atoms with Crippen LogP contribution in [-0.2, 0) is 6.42 Å². The number of aliphatic hydroxyl groups is 1. The molecule has 6 heteroatoms. The number of rotatable bonds is 10. The zero-order chi connectivity index (χ0) is 14.8. The Bertz CT molecular complexity index is 437. The van der Waals surface area contributed by atoms with E-state index in [9.17, 15) is 4.79 Å². The number of hydrogen-bond acceptors (Lipinski definition) is 5. The highest BCUT2D eigenvalue weighted by molar-refractivity contribution is 7.99. The Balaban J connectivity index is 2.59. The van der Waals surface area contributed by atoms with Gasteiger partial charge in [0, 0.05) is 30.2 Å². The number of thioether (sulfide) groups is 1. The molecule has 5 nitrogen and oxygen atoms in total. The lowest BCUT2D eigenvalue weighted by Gasteiger charge is -2.16. The van der Waals surface area contributed by atoms with Crippen LogP contribution in [0.5, 0.6) is 0 Å². The summed E-state index contributed by atoms with van der Waals surface area (Å²) in [5.41, 5.74) is 0.755. The van der Waals surface area contributed by atoms with E-state index in [1.165, 1.54) is 11.8 Å². The van der Waals surface area contributed by atoms with Gasteiger partial charge in [-0.25, -0.2) is 4.98 Å². The maximum absolute atomic E-state index is 11.6. The van der Waals surface area contributed by atoms with E-state index in [4.69, 9.17) is 5.11 Å². The Hall–Kier alpha value is -0.850. The summed E-state index contributed by atoms with van der Waals surface area (Å²) in [4.78, 5) is 18.8. The first-order valence-electron chi connectivity index (χ1n) is 7.26. The first kappa shape index (κ1) is 17.2. The maximum Gasteiger partial charge on any atom is 0.251 e. The van der Waals surface area contributed by atoms with E-state index in [1.807, 2.05) is 0 Å². The first-order chi connectivity index (χ1) is 9.69. The number of nitrogens with zero attached hydrogens (tertiary/aromatic N) is 1. The second kappa shape index (κ2) is 9.96. The van der Waals surface area contributed by atoms with Gasteiger partial charge in [0.2, 0.25) is 0 Å². The van der Waals surface area contributed by atoms with Crippen molar-refractivity contribution >= 4 is 11.8 Å². The topological polar surface area (TPSA) is 78.0 Å². The molecule has 0 bridgehead atoms. The van der Waals surface area contributed by atoms with E-state index in [1.54, 1.807) is 6.07 Å². The van der Waals surface area contributed by atoms with Crippen LogP contribution >= 0.6 is 11.8 Å². The number of hydrogen-bond donors (Lipinski definition) is 3. The minimum atomic E-state index is -0.0915. The average molecular weight is 299 g/mol. The molecule has 1 aromatic rings. The highest BCUT2D eigenvalue weighted by Crippen LogP contribution is 2.14. The summed E-state index contributed by atoms with van der Waals surface area (Å²) < 4.78 is 0. The van der Waals surface area contributed by atoms with Crippen molar-refractivity contribution < 1.29 is 5.11 Å². The Morgan fingerprint density at radius 3 is 2.90 bits per heavy atom. The molecule has 114 valence electrons. The monoisotopic (exact) mass is 299 g/mol. The molecule has 1 heterocycles. The van der Waals surface area contributed by atoms with Gasteiger partial charge < -0.3 is 15.4 Å². The molecule has 1 aromatic heterocycles. The van der Waals surface area contributed by atoms with Crippen molar-refractivity contribution in [3.05, 3.63) is 22.1 Å². The third-order valence-corrected chi connectivity index (χ3v) is 3.90. The largest absolute Gasteiger partial charge is 0.396 e. The second-order valence-electron chi connectivity index (χ2n) is 4.77. The molecular weight excluding hydrogens is 274 g/mol. The second-order valence-corrected chi connectivity index (χ2v) is 5.77. The Kier molecular flexibility index (Phi) is 8.57. The van der Waals surface area contributed by atoms with Crippen molar-refractivity contribution in [3.8, 4) is 0 Å². The van der Waals surface area contributed by atoms with Gasteiger partial charge in [-0.15, -0.1) is 0 Å². The Labute approximate surface area is 124 Å². The molecule has 1 unspecified atom stereocenters. The summed E-state index contributed by atoms with van der Waals surface area (Å²) in [5.74, 6) is 0.791. The number of aromatic amines is 1. The molecule has 0 spiro atoms.